The lowest BCUT2D eigenvalue weighted by Gasteiger charge is -2.32. The minimum absolute atomic E-state index is 0.0585. The van der Waals surface area contributed by atoms with Crippen LogP contribution in [0.2, 0.25) is 0 Å². The predicted molar refractivity (Wildman–Crippen MR) is 87.5 cm³/mol. The fourth-order valence-corrected chi connectivity index (χ4v) is 3.73. The minimum atomic E-state index is -4.48. The molecule has 1 unspecified atom stereocenters. The molecule has 0 bridgehead atoms. The summed E-state index contributed by atoms with van der Waals surface area (Å²) in [7, 11) is 0. The first-order chi connectivity index (χ1) is 13.2. The zero-order chi connectivity index (χ0) is 20.1. The van der Waals surface area contributed by atoms with Gasteiger partial charge in [0.05, 0.1) is 17.7 Å². The molecule has 0 radical (unpaired) electrons. The van der Waals surface area contributed by atoms with Gasteiger partial charge < -0.3 is 10.0 Å². The Labute approximate surface area is 157 Å². The number of likely N-dealkylation sites (tertiary alicyclic amines) is 1. The molecular formula is C17H16F3N5O3. The molecule has 1 saturated carbocycles. The van der Waals surface area contributed by atoms with Crippen LogP contribution in [0.4, 0.5) is 13.2 Å². The molecule has 148 valence electrons. The van der Waals surface area contributed by atoms with E-state index in [1.807, 2.05) is 0 Å². The molecule has 2 aliphatic rings. The van der Waals surface area contributed by atoms with Crippen molar-refractivity contribution in [3.63, 3.8) is 0 Å². The highest BCUT2D eigenvalue weighted by molar-refractivity contribution is 5.92. The van der Waals surface area contributed by atoms with E-state index in [0.29, 0.717) is 38.5 Å². The summed E-state index contributed by atoms with van der Waals surface area (Å²) in [6.07, 6.45) is -0.562. The number of aliphatic carboxylic acids is 1. The molecule has 0 aromatic carbocycles. The van der Waals surface area contributed by atoms with E-state index in [9.17, 15) is 22.8 Å². The first-order valence-corrected chi connectivity index (χ1v) is 8.68. The second kappa shape index (κ2) is 6.28. The zero-order valence-electron chi connectivity index (χ0n) is 14.6. The molecule has 2 aromatic heterocycles. The number of piperidine rings is 1. The molecule has 1 amide bonds. The number of hydrogen-bond acceptors (Lipinski definition) is 5. The van der Waals surface area contributed by atoms with Gasteiger partial charge in [-0.15, -0.1) is 5.10 Å². The second-order valence-corrected chi connectivity index (χ2v) is 7.20. The maximum Gasteiger partial charge on any atom is 0.417 e. The molecule has 28 heavy (non-hydrogen) atoms. The molecule has 2 aromatic rings. The lowest BCUT2D eigenvalue weighted by Crippen LogP contribution is -2.40. The summed E-state index contributed by atoms with van der Waals surface area (Å²) in [4.78, 5) is 29.0. The van der Waals surface area contributed by atoms with Crippen LogP contribution in [0.5, 0.6) is 0 Å². The molecule has 1 aliphatic heterocycles. The van der Waals surface area contributed by atoms with Crippen LogP contribution in [0.15, 0.2) is 24.5 Å². The third-order valence-corrected chi connectivity index (χ3v) is 5.56. The fourth-order valence-electron chi connectivity index (χ4n) is 3.73. The summed E-state index contributed by atoms with van der Waals surface area (Å²) < 4.78 is 39.0. The Kier molecular flexibility index (Phi) is 4.12. The molecule has 4 rings (SSSR count). The highest BCUT2D eigenvalue weighted by Gasteiger charge is 2.59. The number of aromatic nitrogens is 4. The van der Waals surface area contributed by atoms with Crippen LogP contribution >= 0.6 is 0 Å². The van der Waals surface area contributed by atoms with Gasteiger partial charge in [0.25, 0.3) is 5.91 Å². The maximum absolute atomic E-state index is 12.6. The number of amides is 1. The Hall–Kier alpha value is -2.98. The van der Waals surface area contributed by atoms with Crippen molar-refractivity contribution in [3.8, 4) is 5.82 Å². The Bertz CT molecular complexity index is 917. The van der Waals surface area contributed by atoms with Gasteiger partial charge in [0.2, 0.25) is 0 Å². The molecule has 11 heteroatoms. The van der Waals surface area contributed by atoms with E-state index in [-0.39, 0.29) is 28.8 Å². The summed E-state index contributed by atoms with van der Waals surface area (Å²) >= 11 is 0. The van der Waals surface area contributed by atoms with E-state index in [4.69, 9.17) is 5.11 Å². The number of carboxylic acid groups (broad SMARTS) is 1. The first-order valence-electron chi connectivity index (χ1n) is 8.68. The van der Waals surface area contributed by atoms with Gasteiger partial charge in [0, 0.05) is 19.3 Å². The Morgan fingerprint density at radius 3 is 2.46 bits per heavy atom. The average Bonchev–Trinajstić information content (AvgIpc) is 3.14. The van der Waals surface area contributed by atoms with Gasteiger partial charge in [-0.3, -0.25) is 9.59 Å². The van der Waals surface area contributed by atoms with Crippen LogP contribution in [0.3, 0.4) is 0 Å². The van der Waals surface area contributed by atoms with E-state index in [0.717, 1.165) is 16.8 Å². The van der Waals surface area contributed by atoms with Gasteiger partial charge in [-0.2, -0.15) is 13.2 Å². The monoisotopic (exact) mass is 395 g/mol. The van der Waals surface area contributed by atoms with Gasteiger partial charge >= 0.3 is 12.1 Å². The van der Waals surface area contributed by atoms with Crippen molar-refractivity contribution in [3.05, 3.63) is 35.8 Å². The zero-order valence-corrected chi connectivity index (χ0v) is 14.6. The van der Waals surface area contributed by atoms with Crippen LogP contribution < -0.4 is 0 Å². The van der Waals surface area contributed by atoms with Crippen LogP contribution in [0.25, 0.3) is 5.82 Å². The minimum Gasteiger partial charge on any atom is -0.481 e. The normalized spacial score (nSPS) is 21.0. The van der Waals surface area contributed by atoms with Crippen molar-refractivity contribution in [1.29, 1.82) is 0 Å². The molecule has 1 N–H and O–H groups in total. The molecule has 1 atom stereocenters. The Morgan fingerprint density at radius 2 is 1.93 bits per heavy atom. The third-order valence-electron chi connectivity index (χ3n) is 5.56. The van der Waals surface area contributed by atoms with E-state index in [1.54, 1.807) is 4.90 Å². The van der Waals surface area contributed by atoms with Crippen molar-refractivity contribution in [2.24, 2.45) is 11.3 Å². The molecule has 8 nitrogen and oxygen atoms in total. The van der Waals surface area contributed by atoms with Gasteiger partial charge in [0.15, 0.2) is 11.5 Å². The molecule has 1 spiro atoms. The topological polar surface area (TPSA) is 101 Å². The lowest BCUT2D eigenvalue weighted by atomic mass is 9.90. The number of pyridine rings is 1. The number of alkyl halides is 3. The number of carboxylic acids is 1. The number of carbonyl (C=O) groups excluding carboxylic acids is 1. The fraction of sp³-hybridized carbons (Fsp3) is 0.471. The van der Waals surface area contributed by atoms with Gasteiger partial charge in [-0.25, -0.2) is 9.67 Å². The van der Waals surface area contributed by atoms with Crippen molar-refractivity contribution in [1.82, 2.24) is 24.9 Å². The lowest BCUT2D eigenvalue weighted by molar-refractivity contribution is -0.140. The summed E-state index contributed by atoms with van der Waals surface area (Å²) in [6.45, 7) is 0.877. The second-order valence-electron chi connectivity index (χ2n) is 7.20. The number of nitrogens with zero attached hydrogens (tertiary/aromatic N) is 5. The van der Waals surface area contributed by atoms with Crippen molar-refractivity contribution in [2.75, 3.05) is 13.1 Å². The Balaban J connectivity index is 1.42. The highest BCUT2D eigenvalue weighted by atomic mass is 19.4. The van der Waals surface area contributed by atoms with Crippen molar-refractivity contribution in [2.45, 2.75) is 25.4 Å². The van der Waals surface area contributed by atoms with Gasteiger partial charge in [-0.05, 0) is 36.8 Å². The quantitative estimate of drug-likeness (QED) is 0.853. The predicted octanol–water partition coefficient (Wildman–Crippen LogP) is 2.01. The number of rotatable bonds is 3. The van der Waals surface area contributed by atoms with Crippen molar-refractivity contribution >= 4 is 11.9 Å². The summed E-state index contributed by atoms with van der Waals surface area (Å²) in [6, 6.07) is 2.03. The van der Waals surface area contributed by atoms with Crippen LogP contribution in [-0.2, 0) is 11.0 Å². The van der Waals surface area contributed by atoms with Crippen LogP contribution in [0.1, 0.15) is 35.3 Å². The van der Waals surface area contributed by atoms with E-state index >= 15 is 0 Å². The number of halogens is 3. The third kappa shape index (κ3) is 3.20. The van der Waals surface area contributed by atoms with Crippen LogP contribution in [-0.4, -0.2) is 55.0 Å². The molecular weight excluding hydrogens is 379 g/mol. The molecule has 2 fully saturated rings. The van der Waals surface area contributed by atoms with E-state index < -0.39 is 17.7 Å². The summed E-state index contributed by atoms with van der Waals surface area (Å²) in [5.41, 5.74) is -1.01. The van der Waals surface area contributed by atoms with Gasteiger partial charge in [0.1, 0.15) is 0 Å². The number of hydrogen-bond donors (Lipinski definition) is 1. The summed E-state index contributed by atoms with van der Waals surface area (Å²) in [5, 5.41) is 16.7. The SMILES string of the molecule is O=C(O)C1CC12CCN(C(=O)c1cn(-c3ccc(C(F)(F)F)cn3)nn1)CC2. The van der Waals surface area contributed by atoms with Gasteiger partial charge in [-0.1, -0.05) is 5.21 Å². The van der Waals surface area contributed by atoms with E-state index in [2.05, 4.69) is 15.3 Å². The maximum atomic E-state index is 12.6. The number of carbonyl (C=O) groups is 2. The molecule has 1 aliphatic carbocycles. The van der Waals surface area contributed by atoms with Crippen molar-refractivity contribution < 1.29 is 27.9 Å². The summed E-state index contributed by atoms with van der Waals surface area (Å²) in [5.74, 6) is -1.34. The highest BCUT2D eigenvalue weighted by Crippen LogP contribution is 2.59. The largest absolute Gasteiger partial charge is 0.481 e. The van der Waals surface area contributed by atoms with E-state index in [1.165, 1.54) is 6.20 Å². The first kappa shape index (κ1) is 18.4. The molecule has 3 heterocycles. The molecule has 1 saturated heterocycles. The Morgan fingerprint density at radius 1 is 1.21 bits per heavy atom. The average molecular weight is 395 g/mol. The standard InChI is InChI=1S/C17H16F3N5O3/c18-17(19,20)10-1-2-13(21-8-10)25-9-12(22-23-25)14(26)24-5-3-16(4-6-24)7-11(16)15(27)28/h1-2,8-9,11H,3-7H2,(H,27,28). The smallest absolute Gasteiger partial charge is 0.417 e. The van der Waals surface area contributed by atoms with Crippen LogP contribution in [0, 0.1) is 11.3 Å².